The highest BCUT2D eigenvalue weighted by Gasteiger charge is 2.40. The summed E-state index contributed by atoms with van der Waals surface area (Å²) in [6.45, 7) is 4.65. The van der Waals surface area contributed by atoms with Gasteiger partial charge in [0.1, 0.15) is 0 Å². The Morgan fingerprint density at radius 2 is 1.79 bits per heavy atom. The summed E-state index contributed by atoms with van der Waals surface area (Å²) in [5, 5.41) is 6.51. The van der Waals surface area contributed by atoms with E-state index in [2.05, 4.69) is 10.2 Å². The van der Waals surface area contributed by atoms with Gasteiger partial charge in [-0.05, 0) is 23.6 Å². The molecule has 1 aliphatic carbocycles. The average Bonchev–Trinajstić information content (AvgIpc) is 3.22. The molecule has 0 bridgehead atoms. The van der Waals surface area contributed by atoms with Crippen LogP contribution in [0, 0.1) is 11.8 Å². The topological polar surface area (TPSA) is 79.5 Å². The largest absolute Gasteiger partial charge is 0.470 e. The molecule has 2 aliphatic rings. The third-order valence-corrected chi connectivity index (χ3v) is 5.91. The Hall–Kier alpha value is -3.43. The number of alkyl halides is 3. The number of aromatic nitrogens is 2. The molecule has 1 saturated heterocycles. The zero-order valence-corrected chi connectivity index (χ0v) is 18.1. The molecule has 10 heteroatoms. The van der Waals surface area contributed by atoms with Gasteiger partial charge in [0.15, 0.2) is 0 Å². The molecule has 174 valence electrons. The molecule has 1 fully saturated rings. The Labute approximate surface area is 188 Å². The number of halogens is 3. The lowest BCUT2D eigenvalue weighted by Gasteiger charge is -2.43. The van der Waals surface area contributed by atoms with E-state index in [0.717, 1.165) is 5.56 Å². The molecule has 4 rings (SSSR count). The molecular weight excluding hydrogens is 437 g/mol. The quantitative estimate of drug-likeness (QED) is 0.680. The first-order valence-electron chi connectivity index (χ1n) is 10.5. The monoisotopic (exact) mass is 460 g/mol. The predicted molar refractivity (Wildman–Crippen MR) is 112 cm³/mol. The zero-order valence-electron chi connectivity index (χ0n) is 18.1. The maximum atomic E-state index is 13.3. The molecule has 2 unspecified atom stereocenters. The molecule has 0 saturated carbocycles. The van der Waals surface area contributed by atoms with Gasteiger partial charge in [0.05, 0.1) is 12.0 Å². The Morgan fingerprint density at radius 1 is 1.12 bits per heavy atom. The summed E-state index contributed by atoms with van der Waals surface area (Å²) in [6.07, 6.45) is 3.16. The zero-order chi connectivity index (χ0) is 23.8. The van der Waals surface area contributed by atoms with Crippen LogP contribution in [0.5, 0.6) is 0 Å². The van der Waals surface area contributed by atoms with Crippen LogP contribution < -0.4 is 0 Å². The van der Waals surface area contributed by atoms with Gasteiger partial charge >= 0.3 is 12.1 Å². The van der Waals surface area contributed by atoms with E-state index in [1.165, 1.54) is 6.92 Å². The van der Waals surface area contributed by atoms with Crippen molar-refractivity contribution >= 4 is 11.8 Å². The summed E-state index contributed by atoms with van der Waals surface area (Å²) in [5.74, 6) is -1.84. The number of nitrogens with zero attached hydrogens (tertiary/aromatic N) is 4. The standard InChI is InChI=1S/C23H23F3N4O3/c1-14-5-3-4-6-19(14)30(21(32)18-12-29(13-18)15(2)31)11-16-7-9-17(10-8-16)20-27-28-22(33-20)23(24,25)26/h3-10,14,18-19H,11-13H2,1-2H3. The summed E-state index contributed by atoms with van der Waals surface area (Å²) < 4.78 is 42.9. The lowest BCUT2D eigenvalue weighted by atomic mass is 9.91. The second-order valence-corrected chi connectivity index (χ2v) is 8.31. The number of benzene rings is 1. The van der Waals surface area contributed by atoms with Crippen molar-refractivity contribution in [3.8, 4) is 11.5 Å². The van der Waals surface area contributed by atoms with Gasteiger partial charge in [0.2, 0.25) is 17.7 Å². The first kappa shape index (κ1) is 22.8. The summed E-state index contributed by atoms with van der Waals surface area (Å²) in [5.41, 5.74) is 1.16. The first-order chi connectivity index (χ1) is 15.6. The van der Waals surface area contributed by atoms with E-state index < -0.39 is 12.1 Å². The van der Waals surface area contributed by atoms with Gasteiger partial charge in [0, 0.05) is 32.1 Å². The van der Waals surface area contributed by atoms with Gasteiger partial charge in [0.25, 0.3) is 0 Å². The Morgan fingerprint density at radius 3 is 2.36 bits per heavy atom. The number of carbonyl (C=O) groups excluding carboxylic acids is 2. The van der Waals surface area contributed by atoms with Crippen molar-refractivity contribution in [1.29, 1.82) is 0 Å². The van der Waals surface area contributed by atoms with Gasteiger partial charge < -0.3 is 14.2 Å². The third kappa shape index (κ3) is 4.84. The minimum Gasteiger partial charge on any atom is -0.413 e. The predicted octanol–water partition coefficient (Wildman–Crippen LogP) is 3.69. The van der Waals surface area contributed by atoms with E-state index in [4.69, 9.17) is 4.42 Å². The second kappa shape index (κ2) is 8.84. The van der Waals surface area contributed by atoms with Crippen molar-refractivity contribution < 1.29 is 27.2 Å². The highest BCUT2D eigenvalue weighted by Crippen LogP contribution is 2.31. The van der Waals surface area contributed by atoms with E-state index in [9.17, 15) is 22.8 Å². The van der Waals surface area contributed by atoms with Crippen molar-refractivity contribution in [3.05, 3.63) is 60.0 Å². The van der Waals surface area contributed by atoms with Crippen LogP contribution in [-0.4, -0.2) is 50.9 Å². The molecule has 2 aromatic rings. The molecular formula is C23H23F3N4O3. The van der Waals surface area contributed by atoms with Crippen LogP contribution in [0.4, 0.5) is 13.2 Å². The minimum atomic E-state index is -4.70. The maximum Gasteiger partial charge on any atom is 0.470 e. The SMILES string of the molecule is CC(=O)N1CC(C(=O)N(Cc2ccc(-c3nnc(C(F)(F)F)o3)cc2)C2C=CC=CC2C)C1. The maximum absolute atomic E-state index is 13.3. The molecule has 1 aliphatic heterocycles. The van der Waals surface area contributed by atoms with Crippen molar-refractivity contribution in [2.75, 3.05) is 13.1 Å². The Balaban J connectivity index is 1.52. The minimum absolute atomic E-state index is 0.0277. The molecule has 0 N–H and O–H groups in total. The smallest absolute Gasteiger partial charge is 0.413 e. The first-order valence-corrected chi connectivity index (χ1v) is 10.5. The van der Waals surface area contributed by atoms with E-state index >= 15 is 0 Å². The van der Waals surface area contributed by atoms with Crippen LogP contribution >= 0.6 is 0 Å². The normalized spacial score (nSPS) is 20.6. The fourth-order valence-corrected chi connectivity index (χ4v) is 3.95. The van der Waals surface area contributed by atoms with E-state index in [1.807, 2.05) is 31.2 Å². The van der Waals surface area contributed by atoms with Crippen LogP contribution in [0.2, 0.25) is 0 Å². The Bertz CT molecular complexity index is 1090. The fourth-order valence-electron chi connectivity index (χ4n) is 3.95. The highest BCUT2D eigenvalue weighted by molar-refractivity contribution is 5.84. The fraction of sp³-hybridized carbons (Fsp3) is 0.391. The van der Waals surface area contributed by atoms with Crippen LogP contribution in [0.15, 0.2) is 53.0 Å². The lowest BCUT2D eigenvalue weighted by molar-refractivity contribution is -0.157. The lowest BCUT2D eigenvalue weighted by Crippen LogP contribution is -2.57. The van der Waals surface area contributed by atoms with Crippen molar-refractivity contribution in [2.24, 2.45) is 11.8 Å². The van der Waals surface area contributed by atoms with Gasteiger partial charge in [-0.2, -0.15) is 13.2 Å². The van der Waals surface area contributed by atoms with Gasteiger partial charge in [-0.1, -0.05) is 43.4 Å². The van der Waals surface area contributed by atoms with Crippen LogP contribution in [0.3, 0.4) is 0 Å². The van der Waals surface area contributed by atoms with Gasteiger partial charge in [-0.25, -0.2) is 0 Å². The van der Waals surface area contributed by atoms with Crippen LogP contribution in [0.1, 0.15) is 25.3 Å². The number of carbonyl (C=O) groups is 2. The van der Waals surface area contributed by atoms with E-state index in [0.29, 0.717) is 25.2 Å². The molecule has 2 atom stereocenters. The number of hydrogen-bond donors (Lipinski definition) is 0. The molecule has 1 aromatic carbocycles. The number of rotatable bonds is 5. The molecule has 2 heterocycles. The van der Waals surface area contributed by atoms with Crippen LogP contribution in [0.25, 0.3) is 11.5 Å². The number of hydrogen-bond acceptors (Lipinski definition) is 5. The summed E-state index contributed by atoms with van der Waals surface area (Å²) in [4.78, 5) is 28.3. The van der Waals surface area contributed by atoms with Crippen LogP contribution in [-0.2, 0) is 22.3 Å². The van der Waals surface area contributed by atoms with Crippen molar-refractivity contribution in [1.82, 2.24) is 20.0 Å². The van der Waals surface area contributed by atoms with Crippen molar-refractivity contribution in [2.45, 2.75) is 32.6 Å². The number of likely N-dealkylation sites (tertiary alicyclic amines) is 1. The second-order valence-electron chi connectivity index (χ2n) is 8.31. The van der Waals surface area contributed by atoms with Crippen molar-refractivity contribution in [3.63, 3.8) is 0 Å². The average molecular weight is 460 g/mol. The van der Waals surface area contributed by atoms with E-state index in [-0.39, 0.29) is 35.6 Å². The third-order valence-electron chi connectivity index (χ3n) is 5.91. The Kier molecular flexibility index (Phi) is 6.09. The van der Waals surface area contributed by atoms with Gasteiger partial charge in [-0.3, -0.25) is 9.59 Å². The summed E-state index contributed by atoms with van der Waals surface area (Å²) >= 11 is 0. The number of amides is 2. The summed E-state index contributed by atoms with van der Waals surface area (Å²) in [6, 6.07) is 6.49. The highest BCUT2D eigenvalue weighted by atomic mass is 19.4. The van der Waals surface area contributed by atoms with E-state index in [1.54, 1.807) is 34.1 Å². The van der Waals surface area contributed by atoms with Gasteiger partial charge in [-0.15, -0.1) is 10.2 Å². The number of allylic oxidation sites excluding steroid dienone is 2. The summed E-state index contributed by atoms with van der Waals surface area (Å²) in [7, 11) is 0. The molecule has 2 amide bonds. The molecule has 0 spiro atoms. The molecule has 7 nitrogen and oxygen atoms in total. The molecule has 1 aromatic heterocycles. The molecule has 0 radical (unpaired) electrons. The molecule has 33 heavy (non-hydrogen) atoms.